The number of carbonyl (C=O) groups is 1. The quantitative estimate of drug-likeness (QED) is 0.241. The van der Waals surface area contributed by atoms with E-state index in [1.54, 1.807) is 0 Å². The van der Waals surface area contributed by atoms with Crippen LogP contribution in [0.3, 0.4) is 0 Å². The van der Waals surface area contributed by atoms with E-state index in [4.69, 9.17) is 20.0 Å². The van der Waals surface area contributed by atoms with Gasteiger partial charge in [-0.05, 0) is 0 Å². The molecule has 0 spiro atoms. The van der Waals surface area contributed by atoms with Crippen LogP contribution in [-0.2, 0) is 9.36 Å². The zero-order valence-electron chi connectivity index (χ0n) is 9.34. The Morgan fingerprint density at radius 3 is 1.92 bits per heavy atom. The number of carboxylic acids is 1. The molecule has 0 aliphatic carbocycles. The van der Waals surface area contributed by atoms with Crippen LogP contribution in [0, 0.1) is 0 Å². The summed E-state index contributed by atoms with van der Waals surface area (Å²) in [6.07, 6.45) is 0. The number of hydrogen-bond donors (Lipinski definition) is 5. The molecule has 0 rings (SSSR count). The van der Waals surface area contributed by atoms with Gasteiger partial charge in [-0.15, -0.1) is 0 Å². The van der Waals surface area contributed by atoms with Gasteiger partial charge in [0.2, 0.25) is 0 Å². The van der Waals surface area contributed by atoms with E-state index < -0.39 is 26.4 Å². The van der Waals surface area contributed by atoms with Crippen LogP contribution in [-0.4, -0.2) is 38.6 Å². The molecular weight excluding hydrogens is 223 g/mol. The van der Waals surface area contributed by atoms with Crippen molar-refractivity contribution in [2.75, 3.05) is 6.61 Å². The Bertz CT molecular complexity index is 203. The van der Waals surface area contributed by atoms with Gasteiger partial charge in [0.15, 0.2) is 0 Å². The molecule has 0 fully saturated rings. The zero-order chi connectivity index (χ0) is 9.07. The fraction of sp³-hybridized carbons (Fsp3) is 0.667. The summed E-state index contributed by atoms with van der Waals surface area (Å²) in [6.45, 7) is -0.875. The fourth-order valence-corrected chi connectivity index (χ4v) is 0.975. The van der Waals surface area contributed by atoms with Crippen LogP contribution in [0.15, 0.2) is 0 Å². The molecule has 0 aromatic rings. The van der Waals surface area contributed by atoms with E-state index in [0.717, 1.165) is 0 Å². The Morgan fingerprint density at radius 2 is 1.85 bits per heavy atom. The van der Waals surface area contributed by atoms with Crippen LogP contribution >= 0.6 is 7.75 Å². The molecule has 7 nitrogen and oxygen atoms in total. The van der Waals surface area contributed by atoms with E-state index in [2.05, 4.69) is 0 Å². The van der Waals surface area contributed by atoms with Gasteiger partial charge in [-0.3, -0.25) is 4.79 Å². The second-order valence-corrected chi connectivity index (χ2v) is 3.09. The summed E-state index contributed by atoms with van der Waals surface area (Å²) >= 11 is 0. The van der Waals surface area contributed by atoms with Crippen LogP contribution in [0.4, 0.5) is 0 Å². The van der Waals surface area contributed by atoms with Gasteiger partial charge in [-0.25, -0.2) is 9.65 Å². The molecule has 0 bridgehead atoms. The zero-order valence-corrected chi connectivity index (χ0v) is 12.2. The molecule has 5 N–H and O–H groups in total. The third kappa shape index (κ3) is 11.5. The van der Waals surface area contributed by atoms with Crippen molar-refractivity contribution in [3.05, 3.63) is 0 Å². The van der Waals surface area contributed by atoms with Crippen LogP contribution in [0.1, 0.15) is 2.85 Å². The molecule has 0 aromatic heterocycles. The molecule has 0 aliphatic heterocycles. The molecule has 1 atom stereocenters. The van der Waals surface area contributed by atoms with Gasteiger partial charge in [-0.2, -0.15) is 0 Å². The second-order valence-electron chi connectivity index (χ2n) is 1.75. The summed E-state index contributed by atoms with van der Waals surface area (Å²) < 4.78 is 10.1. The van der Waals surface area contributed by atoms with Crippen LogP contribution in [0.2, 0.25) is 0 Å². The maximum absolute atomic E-state index is 10.1. The van der Waals surface area contributed by atoms with Gasteiger partial charge in [-0.1, -0.05) is 0 Å². The molecule has 10 heteroatoms. The Kier molecular flexibility index (Phi) is 13.6. The summed E-state index contributed by atoms with van der Waals surface area (Å²) in [5, 5.41) is 17.9. The van der Waals surface area contributed by atoms with E-state index in [-0.39, 0.29) is 62.0 Å². The minimum atomic E-state index is -4.58. The number of nitrogens with one attached hydrogen (secondary N) is 1. The minimum Gasteiger partial charge on any atom is -1.00 e. The maximum Gasteiger partial charge on any atom is 1.00 e. The summed E-state index contributed by atoms with van der Waals surface area (Å²) in [4.78, 5) is 26.4. The average Bonchev–Trinajstić information content (AvgIpc) is 1.80. The Balaban J connectivity index is -0.0000000833. The SMILES string of the molecule is O=C(O)C(CO)NP(=O)(O)O.[H-].[H-].[Na+].[Na+]. The summed E-state index contributed by atoms with van der Waals surface area (Å²) in [5.74, 6) is -1.52. The van der Waals surface area contributed by atoms with Gasteiger partial charge < -0.3 is 22.9 Å². The van der Waals surface area contributed by atoms with E-state index in [0.29, 0.717) is 0 Å². The van der Waals surface area contributed by atoms with Crippen molar-refractivity contribution in [3.63, 3.8) is 0 Å². The van der Waals surface area contributed by atoms with E-state index >= 15 is 0 Å². The van der Waals surface area contributed by atoms with Crippen molar-refractivity contribution in [3.8, 4) is 0 Å². The number of carboxylic acid groups (broad SMARTS) is 1. The molecule has 0 heterocycles. The number of rotatable bonds is 4. The number of aliphatic carboxylic acids is 1. The third-order valence-electron chi connectivity index (χ3n) is 0.805. The first kappa shape index (κ1) is 20.0. The molecule has 70 valence electrons. The first-order valence-electron chi connectivity index (χ1n) is 2.54. The standard InChI is InChI=1S/C3H8NO6P.2Na.2H/c5-1-2(3(6)7)4-11(8,9)10;;;;/h2,5H,1H2,(H,6,7)(H3,4,8,9,10);;;;/q;2*+1;2*-1. The topological polar surface area (TPSA) is 127 Å². The van der Waals surface area contributed by atoms with Crippen LogP contribution < -0.4 is 64.2 Å². The van der Waals surface area contributed by atoms with Gasteiger partial charge >= 0.3 is 72.8 Å². The molecular formula is C3H10NNa2O6P. The summed E-state index contributed by atoms with van der Waals surface area (Å²) in [5.41, 5.74) is 0. The molecule has 13 heavy (non-hydrogen) atoms. The number of aliphatic hydroxyl groups excluding tert-OH is 1. The van der Waals surface area contributed by atoms with E-state index in [1.807, 2.05) is 0 Å². The van der Waals surface area contributed by atoms with E-state index in [9.17, 15) is 9.36 Å². The normalized spacial score (nSPS) is 12.2. The number of hydrogen-bond acceptors (Lipinski definition) is 3. The number of aliphatic hydroxyl groups is 1. The fourth-order valence-electron chi connectivity index (χ4n) is 0.377. The largest absolute Gasteiger partial charge is 1.00 e. The van der Waals surface area contributed by atoms with Crippen molar-refractivity contribution in [2.24, 2.45) is 0 Å². The molecule has 1 unspecified atom stereocenters. The second kappa shape index (κ2) is 8.82. The minimum absolute atomic E-state index is 0. The monoisotopic (exact) mass is 233 g/mol. The van der Waals surface area contributed by atoms with Gasteiger partial charge in [0.1, 0.15) is 6.04 Å². The van der Waals surface area contributed by atoms with Crippen molar-refractivity contribution < 1.29 is 91.3 Å². The molecule has 0 aromatic carbocycles. The van der Waals surface area contributed by atoms with Crippen molar-refractivity contribution in [2.45, 2.75) is 6.04 Å². The van der Waals surface area contributed by atoms with E-state index in [1.165, 1.54) is 5.09 Å². The molecule has 0 saturated heterocycles. The molecule has 0 saturated carbocycles. The summed E-state index contributed by atoms with van der Waals surface area (Å²) in [6, 6.07) is -1.63. The summed E-state index contributed by atoms with van der Waals surface area (Å²) in [7, 11) is -4.58. The third-order valence-corrected chi connectivity index (χ3v) is 1.45. The predicted molar refractivity (Wildman–Crippen MR) is 35.9 cm³/mol. The molecule has 0 aliphatic rings. The Labute approximate surface area is 122 Å². The predicted octanol–water partition coefficient (Wildman–Crippen LogP) is -7.65. The molecule has 0 radical (unpaired) electrons. The Hall–Kier alpha value is 1.54. The van der Waals surface area contributed by atoms with Crippen molar-refractivity contribution in [1.82, 2.24) is 5.09 Å². The average molecular weight is 233 g/mol. The van der Waals surface area contributed by atoms with Crippen LogP contribution in [0.25, 0.3) is 0 Å². The van der Waals surface area contributed by atoms with Crippen LogP contribution in [0.5, 0.6) is 0 Å². The smallest absolute Gasteiger partial charge is 1.00 e. The van der Waals surface area contributed by atoms with Gasteiger partial charge in [0.05, 0.1) is 6.61 Å². The first-order valence-corrected chi connectivity index (χ1v) is 4.15. The Morgan fingerprint density at radius 1 is 1.46 bits per heavy atom. The van der Waals surface area contributed by atoms with Crippen molar-refractivity contribution in [1.29, 1.82) is 0 Å². The molecule has 0 amide bonds. The van der Waals surface area contributed by atoms with Gasteiger partial charge in [0, 0.05) is 0 Å². The maximum atomic E-state index is 10.1. The van der Waals surface area contributed by atoms with Crippen molar-refractivity contribution >= 4 is 13.7 Å². The van der Waals surface area contributed by atoms with Gasteiger partial charge in [0.25, 0.3) is 0 Å². The first-order chi connectivity index (χ1) is 4.87.